The third-order valence-electron chi connectivity index (χ3n) is 7.91. The van der Waals surface area contributed by atoms with Gasteiger partial charge in [0.15, 0.2) is 0 Å². The van der Waals surface area contributed by atoms with Crippen molar-refractivity contribution in [2.24, 2.45) is 17.6 Å². The molecule has 0 radical (unpaired) electrons. The van der Waals surface area contributed by atoms with E-state index in [4.69, 9.17) is 10.5 Å². The van der Waals surface area contributed by atoms with E-state index in [1.54, 1.807) is 31.4 Å². The molecular formula is C31H36N8O3. The van der Waals surface area contributed by atoms with Crippen molar-refractivity contribution in [3.05, 3.63) is 71.9 Å². The molecule has 0 aliphatic heterocycles. The fourth-order valence-electron chi connectivity index (χ4n) is 5.39. The van der Waals surface area contributed by atoms with Crippen LogP contribution in [0.2, 0.25) is 0 Å². The number of pyridine rings is 1. The molecular weight excluding hydrogens is 532 g/mol. The molecule has 4 aromatic rings. The third kappa shape index (κ3) is 6.98. The van der Waals surface area contributed by atoms with Gasteiger partial charge in [0.1, 0.15) is 6.04 Å². The maximum atomic E-state index is 13.5. The quantitative estimate of drug-likeness (QED) is 0.225. The van der Waals surface area contributed by atoms with Crippen LogP contribution in [-0.4, -0.2) is 57.1 Å². The number of H-pyrrole nitrogens is 1. The van der Waals surface area contributed by atoms with Crippen molar-refractivity contribution in [1.82, 2.24) is 30.9 Å². The number of tetrazole rings is 1. The molecule has 1 fully saturated rings. The molecule has 2 amide bonds. The molecule has 0 bridgehead atoms. The third-order valence-corrected chi connectivity index (χ3v) is 7.91. The van der Waals surface area contributed by atoms with Gasteiger partial charge in [-0.15, -0.1) is 10.2 Å². The van der Waals surface area contributed by atoms with Crippen molar-refractivity contribution in [3.63, 3.8) is 0 Å². The lowest BCUT2D eigenvalue weighted by Gasteiger charge is -2.28. The number of aryl methyl sites for hydroxylation is 1. The number of carbonyl (C=O) groups excluding carboxylic acids is 2. The van der Waals surface area contributed by atoms with E-state index >= 15 is 0 Å². The number of carbonyl (C=O) groups is 2. The Hall–Kier alpha value is -4.64. The number of rotatable bonds is 10. The number of benzene rings is 2. The summed E-state index contributed by atoms with van der Waals surface area (Å²) in [4.78, 5) is 31.3. The topological polar surface area (TPSA) is 161 Å². The normalized spacial score (nSPS) is 17.3. The minimum Gasteiger partial charge on any atom is -0.481 e. The molecule has 2 heterocycles. The lowest BCUT2D eigenvalue weighted by atomic mass is 9.81. The van der Waals surface area contributed by atoms with Crippen LogP contribution in [0.4, 0.5) is 5.69 Å². The van der Waals surface area contributed by atoms with Crippen LogP contribution in [0.25, 0.3) is 22.5 Å². The number of hydrogen-bond acceptors (Lipinski definition) is 8. The zero-order valence-electron chi connectivity index (χ0n) is 23.8. The van der Waals surface area contributed by atoms with E-state index in [1.165, 1.54) is 0 Å². The predicted molar refractivity (Wildman–Crippen MR) is 159 cm³/mol. The number of methoxy groups -OCH3 is 1. The Labute approximate surface area is 244 Å². The van der Waals surface area contributed by atoms with Gasteiger partial charge in [-0.25, -0.2) is 4.98 Å². The fourth-order valence-corrected chi connectivity index (χ4v) is 5.39. The molecule has 1 unspecified atom stereocenters. The van der Waals surface area contributed by atoms with Crippen molar-refractivity contribution < 1.29 is 14.3 Å². The van der Waals surface area contributed by atoms with E-state index in [0.29, 0.717) is 36.3 Å². The Kier molecular flexibility index (Phi) is 9.18. The van der Waals surface area contributed by atoms with E-state index < -0.39 is 6.04 Å². The molecule has 2 aromatic heterocycles. The second-order valence-corrected chi connectivity index (χ2v) is 10.7. The van der Waals surface area contributed by atoms with E-state index in [9.17, 15) is 9.59 Å². The van der Waals surface area contributed by atoms with Gasteiger partial charge in [-0.05, 0) is 91.7 Å². The van der Waals surface area contributed by atoms with Gasteiger partial charge in [0, 0.05) is 40.9 Å². The standard InChI is InChI=1S/C31H36N8O3/c1-19-26(15-16-28(33-19)42-2)22-7-3-20(4-8-22)17-27(35-30(40)24-9-5-21(18-32)6-10-24)31(41)34-25-13-11-23(12-14-25)29-36-38-39-37-29/h3-4,7-8,11-16,21,24,27H,5-6,9-10,17-18,32H2,1-2H3,(H,34,41)(H,35,40)(H,36,37,38,39). The molecule has 1 saturated carbocycles. The number of nitrogens with zero attached hydrogens (tertiary/aromatic N) is 4. The SMILES string of the molecule is COc1ccc(-c2ccc(CC(NC(=O)C3CCC(CN)CC3)C(=O)Nc3ccc(-c4nn[nH]n4)cc3)cc2)c(C)n1. The van der Waals surface area contributed by atoms with Gasteiger partial charge in [-0.3, -0.25) is 9.59 Å². The number of amides is 2. The zero-order chi connectivity index (χ0) is 29.5. The number of nitrogens with one attached hydrogen (secondary N) is 3. The van der Waals surface area contributed by atoms with Crippen molar-refractivity contribution in [2.75, 3.05) is 19.0 Å². The molecule has 1 aliphatic rings. The lowest BCUT2D eigenvalue weighted by Crippen LogP contribution is -2.48. The predicted octanol–water partition coefficient (Wildman–Crippen LogP) is 3.68. The van der Waals surface area contributed by atoms with Crippen LogP contribution in [0.5, 0.6) is 5.88 Å². The highest BCUT2D eigenvalue weighted by molar-refractivity contribution is 5.97. The Morgan fingerprint density at radius 3 is 2.33 bits per heavy atom. The minimum atomic E-state index is -0.753. The van der Waals surface area contributed by atoms with Gasteiger partial charge in [0.25, 0.3) is 0 Å². The molecule has 5 rings (SSSR count). The summed E-state index contributed by atoms with van der Waals surface area (Å²) < 4.78 is 5.22. The first-order valence-electron chi connectivity index (χ1n) is 14.2. The van der Waals surface area contributed by atoms with Crippen LogP contribution < -0.4 is 21.1 Å². The number of ether oxygens (including phenoxy) is 1. The Morgan fingerprint density at radius 2 is 1.71 bits per heavy atom. The van der Waals surface area contributed by atoms with Crippen LogP contribution in [0.15, 0.2) is 60.7 Å². The lowest BCUT2D eigenvalue weighted by molar-refractivity contribution is -0.130. The summed E-state index contributed by atoms with van der Waals surface area (Å²) in [5.41, 5.74) is 11.0. The van der Waals surface area contributed by atoms with Crippen molar-refractivity contribution in [3.8, 4) is 28.4 Å². The smallest absolute Gasteiger partial charge is 0.247 e. The molecule has 1 atom stereocenters. The molecule has 0 saturated heterocycles. The van der Waals surface area contributed by atoms with Crippen LogP contribution in [0.3, 0.4) is 0 Å². The molecule has 11 nitrogen and oxygen atoms in total. The number of aromatic nitrogens is 5. The summed E-state index contributed by atoms with van der Waals surface area (Å²) in [5.74, 6) is 1.00. The van der Waals surface area contributed by atoms with Crippen LogP contribution in [0, 0.1) is 18.8 Å². The monoisotopic (exact) mass is 568 g/mol. The van der Waals surface area contributed by atoms with E-state index in [0.717, 1.165) is 53.6 Å². The summed E-state index contributed by atoms with van der Waals surface area (Å²) >= 11 is 0. The summed E-state index contributed by atoms with van der Waals surface area (Å²) in [6.07, 6.45) is 3.77. The van der Waals surface area contributed by atoms with Gasteiger partial charge >= 0.3 is 0 Å². The minimum absolute atomic E-state index is 0.0883. The van der Waals surface area contributed by atoms with Gasteiger partial charge in [-0.1, -0.05) is 24.3 Å². The molecule has 42 heavy (non-hydrogen) atoms. The van der Waals surface area contributed by atoms with Gasteiger partial charge in [0.2, 0.25) is 23.5 Å². The Morgan fingerprint density at radius 1 is 1.00 bits per heavy atom. The zero-order valence-corrected chi connectivity index (χ0v) is 23.8. The fraction of sp³-hybridized carbons (Fsp3) is 0.355. The second-order valence-electron chi connectivity index (χ2n) is 10.7. The van der Waals surface area contributed by atoms with Crippen molar-refractivity contribution >= 4 is 17.5 Å². The number of hydrogen-bond donors (Lipinski definition) is 4. The number of nitrogens with two attached hydrogens (primary N) is 1. The largest absolute Gasteiger partial charge is 0.481 e. The van der Waals surface area contributed by atoms with E-state index in [2.05, 4.69) is 36.2 Å². The maximum absolute atomic E-state index is 13.5. The summed E-state index contributed by atoms with van der Waals surface area (Å²) in [5, 5.41) is 20.0. The Balaban J connectivity index is 1.31. The van der Waals surface area contributed by atoms with Gasteiger partial charge in [0.05, 0.1) is 7.11 Å². The average Bonchev–Trinajstić information content (AvgIpc) is 3.57. The van der Waals surface area contributed by atoms with E-state index in [-0.39, 0.29) is 17.7 Å². The highest BCUT2D eigenvalue weighted by atomic mass is 16.5. The van der Waals surface area contributed by atoms with Crippen molar-refractivity contribution in [2.45, 2.75) is 45.1 Å². The van der Waals surface area contributed by atoms with E-state index in [1.807, 2.05) is 43.3 Å². The number of anilines is 1. The molecule has 1 aliphatic carbocycles. The van der Waals surface area contributed by atoms with Gasteiger partial charge in [-0.2, -0.15) is 5.21 Å². The van der Waals surface area contributed by atoms with Crippen LogP contribution in [-0.2, 0) is 16.0 Å². The van der Waals surface area contributed by atoms with Crippen molar-refractivity contribution in [1.29, 1.82) is 0 Å². The maximum Gasteiger partial charge on any atom is 0.247 e. The average molecular weight is 569 g/mol. The summed E-state index contributed by atoms with van der Waals surface area (Å²) in [6.45, 7) is 2.59. The van der Waals surface area contributed by atoms with Crippen LogP contribution >= 0.6 is 0 Å². The second kappa shape index (κ2) is 13.3. The Bertz CT molecular complexity index is 1480. The highest BCUT2D eigenvalue weighted by Gasteiger charge is 2.29. The van der Waals surface area contributed by atoms with Crippen LogP contribution in [0.1, 0.15) is 36.9 Å². The molecule has 2 aromatic carbocycles. The van der Waals surface area contributed by atoms with Gasteiger partial charge < -0.3 is 21.1 Å². The molecule has 218 valence electrons. The highest BCUT2D eigenvalue weighted by Crippen LogP contribution is 2.29. The number of aromatic amines is 1. The first kappa shape index (κ1) is 28.9. The summed E-state index contributed by atoms with van der Waals surface area (Å²) in [7, 11) is 1.60. The molecule has 0 spiro atoms. The summed E-state index contributed by atoms with van der Waals surface area (Å²) in [6, 6.07) is 18.2. The molecule has 5 N–H and O–H groups in total. The molecule has 11 heteroatoms. The first-order valence-corrected chi connectivity index (χ1v) is 14.2. The first-order chi connectivity index (χ1) is 20.4.